The van der Waals surface area contributed by atoms with E-state index in [1.165, 1.54) is 16.7 Å². The number of hydrogen-bond acceptors (Lipinski definition) is 3. The Morgan fingerprint density at radius 2 is 2.22 bits per heavy atom. The van der Waals surface area contributed by atoms with Crippen molar-refractivity contribution in [3.05, 3.63) is 50.5 Å². The van der Waals surface area contributed by atoms with Crippen LogP contribution in [0.3, 0.4) is 0 Å². The van der Waals surface area contributed by atoms with Crippen molar-refractivity contribution < 1.29 is 0 Å². The SMILES string of the molecule is Cc1nc2c([nH]c3ccc(Br)cc32)c(=O)n1/N=C\C1=CC[C@@H]2C[C@@H]1C2(C)C. The van der Waals surface area contributed by atoms with E-state index in [1.54, 1.807) is 0 Å². The average molecular weight is 425 g/mol. The fraction of sp³-hybridized carbons (Fsp3) is 0.381. The third-order valence-corrected chi connectivity index (χ3v) is 7.05. The number of aromatic nitrogens is 3. The lowest BCUT2D eigenvalue weighted by molar-refractivity contribution is -0.00127. The van der Waals surface area contributed by atoms with E-state index in [-0.39, 0.29) is 5.56 Å². The number of hydrogen-bond donors (Lipinski definition) is 1. The standard InChI is InChI=1S/C21H21BrN4O/c1-11-24-18-15-9-14(22)6-7-17(15)25-19(18)20(27)26(11)23-10-12-4-5-13-8-16(12)21(13,2)3/h4,6-7,9-10,13,16,25H,5,8H2,1-3H3/b23-10-/t13-,16+/m1/s1. The minimum atomic E-state index is -0.164. The molecule has 0 spiro atoms. The van der Waals surface area contributed by atoms with Crippen molar-refractivity contribution in [2.45, 2.75) is 33.6 Å². The lowest BCUT2D eigenvalue weighted by atomic mass is 9.49. The summed E-state index contributed by atoms with van der Waals surface area (Å²) in [4.78, 5) is 20.9. The number of nitrogens with zero attached hydrogens (tertiary/aromatic N) is 3. The number of nitrogens with one attached hydrogen (secondary N) is 1. The first-order valence-electron chi connectivity index (χ1n) is 9.31. The second-order valence-corrected chi connectivity index (χ2v) is 9.22. The van der Waals surface area contributed by atoms with Crippen LogP contribution in [0.1, 0.15) is 32.5 Å². The van der Waals surface area contributed by atoms with E-state index >= 15 is 0 Å². The van der Waals surface area contributed by atoms with Crippen LogP contribution in [-0.2, 0) is 0 Å². The summed E-state index contributed by atoms with van der Waals surface area (Å²) in [6.07, 6.45) is 6.48. The molecule has 3 aromatic rings. The number of H-pyrrole nitrogens is 1. The molecule has 3 aliphatic carbocycles. The molecule has 0 saturated heterocycles. The maximum absolute atomic E-state index is 13.0. The topological polar surface area (TPSA) is 63.0 Å². The van der Waals surface area contributed by atoms with Gasteiger partial charge in [-0.2, -0.15) is 9.78 Å². The molecule has 1 saturated carbocycles. The molecule has 0 amide bonds. The molecule has 5 nitrogen and oxygen atoms in total. The molecular formula is C21H21BrN4O. The summed E-state index contributed by atoms with van der Waals surface area (Å²) in [6.45, 7) is 6.49. The number of halogens is 1. The van der Waals surface area contributed by atoms with Crippen LogP contribution in [-0.4, -0.2) is 20.9 Å². The second-order valence-electron chi connectivity index (χ2n) is 8.31. The monoisotopic (exact) mass is 424 g/mol. The lowest BCUT2D eigenvalue weighted by Gasteiger charge is -2.55. The van der Waals surface area contributed by atoms with Crippen LogP contribution in [0.25, 0.3) is 21.9 Å². The van der Waals surface area contributed by atoms with Gasteiger partial charge in [-0.1, -0.05) is 35.9 Å². The van der Waals surface area contributed by atoms with Crippen molar-refractivity contribution in [3.8, 4) is 0 Å². The number of aryl methyl sites for hydroxylation is 1. The van der Waals surface area contributed by atoms with Crippen LogP contribution < -0.4 is 5.56 Å². The molecule has 6 rings (SSSR count). The van der Waals surface area contributed by atoms with Gasteiger partial charge in [-0.25, -0.2) is 4.98 Å². The van der Waals surface area contributed by atoms with Gasteiger partial charge in [-0.3, -0.25) is 4.79 Å². The first-order valence-corrected chi connectivity index (χ1v) is 10.1. The van der Waals surface area contributed by atoms with Crippen LogP contribution in [0.15, 0.2) is 44.2 Å². The molecule has 2 heterocycles. The largest absolute Gasteiger partial charge is 0.349 e. The van der Waals surface area contributed by atoms with Gasteiger partial charge in [-0.05, 0) is 60.8 Å². The summed E-state index contributed by atoms with van der Waals surface area (Å²) in [5.74, 6) is 1.91. The van der Waals surface area contributed by atoms with E-state index in [0.29, 0.717) is 28.2 Å². The van der Waals surface area contributed by atoms with Crippen molar-refractivity contribution in [1.82, 2.24) is 14.6 Å². The number of benzene rings is 1. The molecule has 6 heteroatoms. The van der Waals surface area contributed by atoms with Gasteiger partial charge in [0.1, 0.15) is 16.9 Å². The van der Waals surface area contributed by atoms with Gasteiger partial charge in [-0.15, -0.1) is 0 Å². The first kappa shape index (κ1) is 16.9. The van der Waals surface area contributed by atoms with E-state index < -0.39 is 0 Å². The third kappa shape index (κ3) is 2.39. The zero-order valence-electron chi connectivity index (χ0n) is 15.6. The maximum atomic E-state index is 13.0. The molecule has 2 aromatic heterocycles. The maximum Gasteiger partial charge on any atom is 0.298 e. The van der Waals surface area contributed by atoms with Gasteiger partial charge in [0.15, 0.2) is 0 Å². The molecule has 0 unspecified atom stereocenters. The molecule has 2 atom stereocenters. The zero-order valence-corrected chi connectivity index (χ0v) is 17.2. The van der Waals surface area contributed by atoms with Gasteiger partial charge < -0.3 is 4.98 Å². The van der Waals surface area contributed by atoms with Crippen molar-refractivity contribution >= 4 is 44.1 Å². The molecule has 1 fully saturated rings. The Labute approximate surface area is 165 Å². The number of fused-ring (bicyclic) bond motifs is 4. The fourth-order valence-corrected chi connectivity index (χ4v) is 5.05. The van der Waals surface area contributed by atoms with Crippen molar-refractivity contribution in [3.63, 3.8) is 0 Å². The van der Waals surface area contributed by atoms with Gasteiger partial charge in [0.2, 0.25) is 0 Å². The highest BCUT2D eigenvalue weighted by Gasteiger charge is 2.50. The van der Waals surface area contributed by atoms with Gasteiger partial charge in [0.05, 0.1) is 6.21 Å². The summed E-state index contributed by atoms with van der Waals surface area (Å²) in [5.41, 5.74) is 3.50. The quantitative estimate of drug-likeness (QED) is 0.601. The predicted octanol–water partition coefficient (Wildman–Crippen LogP) is 4.78. The molecule has 27 heavy (non-hydrogen) atoms. The molecule has 138 valence electrons. The number of allylic oxidation sites excluding steroid dienone is 2. The molecular weight excluding hydrogens is 404 g/mol. The second kappa shape index (κ2) is 5.64. The Balaban J connectivity index is 1.61. The van der Waals surface area contributed by atoms with E-state index in [9.17, 15) is 4.79 Å². The van der Waals surface area contributed by atoms with E-state index in [1.807, 2.05) is 31.3 Å². The molecule has 1 aromatic carbocycles. The Hall–Kier alpha value is -2.21. The van der Waals surface area contributed by atoms with E-state index in [0.717, 1.165) is 27.7 Å². The first-order chi connectivity index (χ1) is 12.9. The highest BCUT2D eigenvalue weighted by atomic mass is 79.9. The minimum absolute atomic E-state index is 0.164. The molecule has 2 bridgehead atoms. The van der Waals surface area contributed by atoms with Crippen LogP contribution in [0.5, 0.6) is 0 Å². The van der Waals surface area contributed by atoms with Crippen molar-refractivity contribution in [1.29, 1.82) is 0 Å². The Morgan fingerprint density at radius 3 is 2.96 bits per heavy atom. The summed E-state index contributed by atoms with van der Waals surface area (Å²) < 4.78 is 2.37. The van der Waals surface area contributed by atoms with Crippen molar-refractivity contribution in [2.75, 3.05) is 0 Å². The smallest absolute Gasteiger partial charge is 0.298 e. The lowest BCUT2D eigenvalue weighted by Crippen LogP contribution is -2.48. The molecule has 3 aliphatic rings. The zero-order chi connectivity index (χ0) is 18.9. The molecule has 1 N–H and O–H groups in total. The van der Waals surface area contributed by atoms with Gasteiger partial charge >= 0.3 is 0 Å². The summed E-state index contributed by atoms with van der Waals surface area (Å²) in [7, 11) is 0. The van der Waals surface area contributed by atoms with E-state index in [2.05, 4.69) is 50.9 Å². The summed E-state index contributed by atoms with van der Waals surface area (Å²) >= 11 is 3.49. The normalized spacial score (nSPS) is 23.8. The van der Waals surface area contributed by atoms with Gasteiger partial charge in [0.25, 0.3) is 5.56 Å². The minimum Gasteiger partial charge on any atom is -0.349 e. The Morgan fingerprint density at radius 1 is 1.41 bits per heavy atom. The fourth-order valence-electron chi connectivity index (χ4n) is 4.69. The Kier molecular flexibility index (Phi) is 3.54. The van der Waals surface area contributed by atoms with Crippen LogP contribution in [0.2, 0.25) is 0 Å². The van der Waals surface area contributed by atoms with Crippen LogP contribution >= 0.6 is 15.9 Å². The predicted molar refractivity (Wildman–Crippen MR) is 112 cm³/mol. The number of aromatic amines is 1. The highest BCUT2D eigenvalue weighted by molar-refractivity contribution is 9.10. The summed E-state index contributed by atoms with van der Waals surface area (Å²) in [6, 6.07) is 5.88. The number of rotatable bonds is 2. The molecule has 0 radical (unpaired) electrons. The Bertz CT molecular complexity index is 1210. The van der Waals surface area contributed by atoms with Crippen LogP contribution in [0, 0.1) is 24.2 Å². The highest BCUT2D eigenvalue weighted by Crippen LogP contribution is 2.58. The van der Waals surface area contributed by atoms with Gasteiger partial charge in [0, 0.05) is 15.4 Å². The summed E-state index contributed by atoms with van der Waals surface area (Å²) in [5, 5.41) is 5.46. The average Bonchev–Trinajstić information content (AvgIpc) is 2.99. The van der Waals surface area contributed by atoms with Crippen molar-refractivity contribution in [2.24, 2.45) is 22.4 Å². The third-order valence-electron chi connectivity index (χ3n) is 6.55. The van der Waals surface area contributed by atoms with E-state index in [4.69, 9.17) is 0 Å². The molecule has 0 aliphatic heterocycles. The van der Waals surface area contributed by atoms with Crippen LogP contribution in [0.4, 0.5) is 0 Å².